The van der Waals surface area contributed by atoms with Crippen molar-refractivity contribution in [3.05, 3.63) is 138 Å². The molecule has 0 saturated heterocycles. The van der Waals surface area contributed by atoms with Crippen LogP contribution in [0, 0.1) is 5.41 Å². The van der Waals surface area contributed by atoms with Gasteiger partial charge in [-0.15, -0.1) is 0 Å². The van der Waals surface area contributed by atoms with Crippen molar-refractivity contribution >= 4 is 43.7 Å². The molecule has 6 rings (SSSR count). The molecule has 1 aliphatic rings. The van der Waals surface area contributed by atoms with Gasteiger partial charge in [0.05, 0.1) is 23.7 Å². The number of hydrogen-bond donors (Lipinski definition) is 3. The minimum Gasteiger partial charge on any atom is -0.492 e. The number of aromatic nitrogens is 1. The molecule has 220 valence electrons. The van der Waals surface area contributed by atoms with E-state index in [1.807, 2.05) is 66.7 Å². The Labute approximate surface area is 256 Å². The average molecular weight is 602 g/mol. The van der Waals surface area contributed by atoms with Crippen molar-refractivity contribution in [1.82, 2.24) is 4.57 Å². The summed E-state index contributed by atoms with van der Waals surface area (Å²) in [5.41, 5.74) is 8.52. The highest BCUT2D eigenvalue weighted by molar-refractivity contribution is 7.86. The minimum absolute atomic E-state index is 0.0782. The Morgan fingerprint density at radius 1 is 0.864 bits per heavy atom. The minimum atomic E-state index is -4.56. The van der Waals surface area contributed by atoms with Gasteiger partial charge in [0, 0.05) is 29.2 Å². The first kappa shape index (κ1) is 28.9. The predicted octanol–water partition coefficient (Wildman–Crippen LogP) is 8.18. The summed E-state index contributed by atoms with van der Waals surface area (Å²) >= 11 is 0. The maximum Gasteiger partial charge on any atom is 0.300 e. The number of para-hydroxylation sites is 1. The van der Waals surface area contributed by atoms with E-state index in [9.17, 15) is 13.0 Å². The van der Waals surface area contributed by atoms with Crippen LogP contribution in [-0.4, -0.2) is 29.9 Å². The van der Waals surface area contributed by atoms with E-state index >= 15 is 0 Å². The van der Waals surface area contributed by atoms with Gasteiger partial charge < -0.3 is 20.0 Å². The summed E-state index contributed by atoms with van der Waals surface area (Å²) in [6.45, 7) is 2.00. The molecular weight excluding hydrogens is 570 g/mol. The molecule has 1 aromatic heterocycles. The van der Waals surface area contributed by atoms with Crippen LogP contribution in [0.25, 0.3) is 27.7 Å². The number of aryl methyl sites for hydroxylation is 1. The molecule has 8 heteroatoms. The van der Waals surface area contributed by atoms with Gasteiger partial charge in [-0.1, -0.05) is 78.9 Å². The second kappa shape index (κ2) is 11.8. The Kier molecular flexibility index (Phi) is 7.78. The van der Waals surface area contributed by atoms with Crippen LogP contribution in [0.1, 0.15) is 18.1 Å². The molecule has 0 spiro atoms. The van der Waals surface area contributed by atoms with Gasteiger partial charge in [-0.2, -0.15) is 8.42 Å². The monoisotopic (exact) mass is 601 g/mol. The normalized spacial score (nSPS) is 13.0. The third kappa shape index (κ3) is 5.48. The zero-order valence-corrected chi connectivity index (χ0v) is 25.1. The van der Waals surface area contributed by atoms with E-state index in [1.165, 1.54) is 6.07 Å². The molecule has 0 bridgehead atoms. The fraction of sp³-hybridized carbons (Fsp3) is 0.0833. The van der Waals surface area contributed by atoms with Crippen LogP contribution < -0.4 is 10.1 Å². The SMILES string of the molecule is CCOc1cccc(Nc2ccc(C(=C3C=CC(=N)C=C3)c3c(-c4ccccc4)n(C)c4ccccc34)cc2)c1S(=O)(=O)O. The predicted molar refractivity (Wildman–Crippen MR) is 178 cm³/mol. The Morgan fingerprint density at radius 2 is 1.55 bits per heavy atom. The molecule has 0 atom stereocenters. The molecule has 0 saturated carbocycles. The van der Waals surface area contributed by atoms with Gasteiger partial charge in [-0.25, -0.2) is 0 Å². The van der Waals surface area contributed by atoms with Crippen LogP contribution in [0.3, 0.4) is 0 Å². The first-order valence-electron chi connectivity index (χ1n) is 14.2. The number of fused-ring (bicyclic) bond motifs is 1. The number of anilines is 2. The van der Waals surface area contributed by atoms with Crippen molar-refractivity contribution < 1.29 is 17.7 Å². The number of ether oxygens (including phenoxy) is 1. The first-order chi connectivity index (χ1) is 21.3. The van der Waals surface area contributed by atoms with E-state index in [4.69, 9.17) is 10.1 Å². The Hall–Kier alpha value is -5.18. The molecule has 0 fully saturated rings. The summed E-state index contributed by atoms with van der Waals surface area (Å²) in [7, 11) is -2.48. The highest BCUT2D eigenvalue weighted by atomic mass is 32.2. The zero-order chi connectivity index (χ0) is 30.8. The lowest BCUT2D eigenvalue weighted by Crippen LogP contribution is -2.07. The maximum atomic E-state index is 12.3. The fourth-order valence-electron chi connectivity index (χ4n) is 5.70. The van der Waals surface area contributed by atoms with E-state index in [0.717, 1.165) is 44.4 Å². The lowest BCUT2D eigenvalue weighted by Gasteiger charge is -2.18. The number of nitrogens with one attached hydrogen (secondary N) is 2. The molecule has 7 nitrogen and oxygen atoms in total. The zero-order valence-electron chi connectivity index (χ0n) is 24.3. The summed E-state index contributed by atoms with van der Waals surface area (Å²) in [4.78, 5) is -0.308. The Balaban J connectivity index is 1.52. The molecule has 5 aromatic rings. The van der Waals surface area contributed by atoms with Crippen LogP contribution in [0.2, 0.25) is 0 Å². The van der Waals surface area contributed by atoms with Gasteiger partial charge in [0.1, 0.15) is 5.75 Å². The average Bonchev–Trinajstić information content (AvgIpc) is 3.31. The van der Waals surface area contributed by atoms with Gasteiger partial charge in [-0.3, -0.25) is 4.55 Å². The highest BCUT2D eigenvalue weighted by Gasteiger charge is 2.24. The molecule has 4 aromatic carbocycles. The second-order valence-corrected chi connectivity index (χ2v) is 11.7. The number of rotatable bonds is 8. The highest BCUT2D eigenvalue weighted by Crippen LogP contribution is 2.43. The van der Waals surface area contributed by atoms with Crippen LogP contribution >= 0.6 is 0 Å². The lowest BCUT2D eigenvalue weighted by atomic mass is 9.87. The summed E-state index contributed by atoms with van der Waals surface area (Å²) in [6.07, 6.45) is 7.53. The van der Waals surface area contributed by atoms with E-state index < -0.39 is 10.1 Å². The van der Waals surface area contributed by atoms with Crippen LogP contribution in [0.4, 0.5) is 11.4 Å². The smallest absolute Gasteiger partial charge is 0.300 e. The van der Waals surface area contributed by atoms with Gasteiger partial charge in [0.15, 0.2) is 4.90 Å². The number of benzene rings is 4. The van der Waals surface area contributed by atoms with Crippen LogP contribution in [-0.2, 0) is 17.2 Å². The van der Waals surface area contributed by atoms with E-state index in [2.05, 4.69) is 41.2 Å². The quantitative estimate of drug-likeness (QED) is 0.156. The molecule has 0 unspecified atom stereocenters. The van der Waals surface area contributed by atoms with Gasteiger partial charge in [0.2, 0.25) is 0 Å². The van der Waals surface area contributed by atoms with E-state index in [1.54, 1.807) is 31.2 Å². The second-order valence-electron chi connectivity index (χ2n) is 10.4. The fourth-order valence-corrected chi connectivity index (χ4v) is 6.48. The van der Waals surface area contributed by atoms with E-state index in [-0.39, 0.29) is 22.9 Å². The summed E-state index contributed by atoms with van der Waals surface area (Å²) in [6, 6.07) is 31.1. The van der Waals surface area contributed by atoms with Gasteiger partial charge >= 0.3 is 0 Å². The van der Waals surface area contributed by atoms with Gasteiger partial charge in [-0.05, 0) is 71.7 Å². The van der Waals surface area contributed by atoms with Crippen molar-refractivity contribution in [2.45, 2.75) is 11.8 Å². The first-order valence-corrected chi connectivity index (χ1v) is 15.6. The Morgan fingerprint density at radius 3 is 2.23 bits per heavy atom. The molecule has 44 heavy (non-hydrogen) atoms. The summed E-state index contributed by atoms with van der Waals surface area (Å²) in [5.74, 6) is 0.0782. The topological polar surface area (TPSA) is 104 Å². The van der Waals surface area contributed by atoms with Crippen molar-refractivity contribution in [2.75, 3.05) is 11.9 Å². The van der Waals surface area contributed by atoms with Crippen molar-refractivity contribution in [1.29, 1.82) is 5.41 Å². The molecule has 3 N–H and O–H groups in total. The van der Waals surface area contributed by atoms with Crippen molar-refractivity contribution in [3.8, 4) is 17.0 Å². The molecular formula is C36H31N3O4S. The molecule has 1 aliphatic carbocycles. The van der Waals surface area contributed by atoms with Crippen LogP contribution in [0.15, 0.2) is 132 Å². The summed E-state index contributed by atoms with van der Waals surface area (Å²) < 4.78 is 42.3. The standard InChI is InChI=1S/C36H31N3O4S/c1-3-43-32-15-9-13-30(36(32)44(40,41)42)38-28-22-18-25(19-23-28)33(24-16-20-27(37)21-17-24)34-29-12-7-8-14-31(29)39(2)35(34)26-10-5-4-6-11-26/h4-23,37-38H,3H2,1-2H3,(H,40,41,42). The third-order valence-corrected chi connectivity index (χ3v) is 8.50. The Bertz CT molecular complexity index is 2070. The number of nitrogens with zero attached hydrogens (tertiary/aromatic N) is 1. The molecule has 1 heterocycles. The molecule has 0 aliphatic heterocycles. The largest absolute Gasteiger partial charge is 0.492 e. The van der Waals surface area contributed by atoms with Crippen LogP contribution in [0.5, 0.6) is 5.75 Å². The number of allylic oxidation sites excluding steroid dienone is 5. The van der Waals surface area contributed by atoms with Crippen molar-refractivity contribution in [3.63, 3.8) is 0 Å². The molecule has 0 radical (unpaired) electrons. The maximum absolute atomic E-state index is 12.3. The lowest BCUT2D eigenvalue weighted by molar-refractivity contribution is 0.329. The summed E-state index contributed by atoms with van der Waals surface area (Å²) in [5, 5.41) is 12.3. The third-order valence-electron chi connectivity index (χ3n) is 7.57. The van der Waals surface area contributed by atoms with Gasteiger partial charge in [0.25, 0.3) is 10.1 Å². The van der Waals surface area contributed by atoms with E-state index in [0.29, 0.717) is 11.4 Å². The number of hydrogen-bond acceptors (Lipinski definition) is 5. The van der Waals surface area contributed by atoms with Crippen molar-refractivity contribution in [2.24, 2.45) is 7.05 Å². The molecule has 0 amide bonds.